The van der Waals surface area contributed by atoms with Crippen LogP contribution in [0.5, 0.6) is 0 Å². The van der Waals surface area contributed by atoms with Crippen LogP contribution in [0.4, 0.5) is 6.01 Å². The van der Waals surface area contributed by atoms with Crippen LogP contribution in [0.1, 0.15) is 38.6 Å². The lowest BCUT2D eigenvalue weighted by molar-refractivity contribution is 0.185. The van der Waals surface area contributed by atoms with Gasteiger partial charge in [-0.25, -0.2) is 0 Å². The number of hydrogen-bond donors (Lipinski definition) is 2. The van der Waals surface area contributed by atoms with Crippen molar-refractivity contribution in [2.75, 3.05) is 31.6 Å². The average Bonchev–Trinajstić information content (AvgIpc) is 3.00. The molecule has 0 saturated carbocycles. The molecule has 1 fully saturated rings. The van der Waals surface area contributed by atoms with Gasteiger partial charge in [0.05, 0.1) is 6.04 Å². The van der Waals surface area contributed by atoms with Crippen molar-refractivity contribution in [2.24, 2.45) is 5.92 Å². The van der Waals surface area contributed by atoms with Crippen LogP contribution in [0.25, 0.3) is 0 Å². The van der Waals surface area contributed by atoms with E-state index in [2.05, 4.69) is 27.8 Å². The topological polar surface area (TPSA) is 72.2 Å². The summed E-state index contributed by atoms with van der Waals surface area (Å²) in [5, 5.41) is 14.4. The first-order valence-electron chi connectivity index (χ1n) is 6.68. The molecule has 2 N–H and O–H groups in total. The van der Waals surface area contributed by atoms with E-state index in [-0.39, 0.29) is 6.04 Å². The van der Waals surface area contributed by atoms with Crippen molar-refractivity contribution in [1.29, 1.82) is 0 Å². The smallest absolute Gasteiger partial charge is 0.315 e. The molecule has 18 heavy (non-hydrogen) atoms. The summed E-state index contributed by atoms with van der Waals surface area (Å²) in [6.45, 7) is 7.58. The first kappa shape index (κ1) is 13.3. The summed E-state index contributed by atoms with van der Waals surface area (Å²) in [6.07, 6.45) is 2.24. The number of aromatic nitrogens is 2. The van der Waals surface area contributed by atoms with E-state index >= 15 is 0 Å². The molecule has 6 nitrogen and oxygen atoms in total. The Labute approximate surface area is 107 Å². The molecule has 0 bridgehead atoms. The van der Waals surface area contributed by atoms with Gasteiger partial charge in [0, 0.05) is 19.8 Å². The van der Waals surface area contributed by atoms with Crippen molar-refractivity contribution in [3.8, 4) is 0 Å². The predicted molar refractivity (Wildman–Crippen MR) is 68.4 cm³/mol. The molecule has 1 aliphatic heterocycles. The fourth-order valence-corrected chi connectivity index (χ4v) is 2.07. The second-order valence-corrected chi connectivity index (χ2v) is 4.67. The molecule has 2 rings (SSSR count). The first-order valence-corrected chi connectivity index (χ1v) is 6.68. The highest BCUT2D eigenvalue weighted by molar-refractivity contribution is 5.17. The number of hydrogen-bond acceptors (Lipinski definition) is 6. The maximum Gasteiger partial charge on any atom is 0.315 e. The molecule has 0 amide bonds. The lowest BCUT2D eigenvalue weighted by atomic mass is 10.1. The van der Waals surface area contributed by atoms with Crippen molar-refractivity contribution in [1.82, 2.24) is 15.5 Å². The SMILES string of the molecule is CCNC(C)c1nnc(NCCC2CCOC2)o1. The lowest BCUT2D eigenvalue weighted by Gasteiger charge is -2.07. The van der Waals surface area contributed by atoms with Gasteiger partial charge in [-0.2, -0.15) is 0 Å². The van der Waals surface area contributed by atoms with Gasteiger partial charge in [0.25, 0.3) is 0 Å². The lowest BCUT2D eigenvalue weighted by Crippen LogP contribution is -2.17. The number of nitrogens with zero attached hydrogens (tertiary/aromatic N) is 2. The van der Waals surface area contributed by atoms with E-state index in [0.717, 1.165) is 39.1 Å². The number of anilines is 1. The second-order valence-electron chi connectivity index (χ2n) is 4.67. The van der Waals surface area contributed by atoms with Crippen molar-refractivity contribution in [3.63, 3.8) is 0 Å². The minimum Gasteiger partial charge on any atom is -0.406 e. The van der Waals surface area contributed by atoms with Gasteiger partial charge in [-0.3, -0.25) is 0 Å². The van der Waals surface area contributed by atoms with Crippen LogP contribution in [0.2, 0.25) is 0 Å². The van der Waals surface area contributed by atoms with Crippen LogP contribution in [0, 0.1) is 5.92 Å². The third kappa shape index (κ3) is 3.68. The summed E-state index contributed by atoms with van der Waals surface area (Å²) in [7, 11) is 0. The van der Waals surface area contributed by atoms with E-state index in [0.29, 0.717) is 17.8 Å². The monoisotopic (exact) mass is 254 g/mol. The third-order valence-corrected chi connectivity index (χ3v) is 3.17. The Balaban J connectivity index is 1.72. The molecule has 0 spiro atoms. The van der Waals surface area contributed by atoms with Crippen LogP contribution < -0.4 is 10.6 Å². The van der Waals surface area contributed by atoms with Gasteiger partial charge < -0.3 is 19.8 Å². The fraction of sp³-hybridized carbons (Fsp3) is 0.833. The Morgan fingerprint density at radius 1 is 1.44 bits per heavy atom. The number of rotatable bonds is 7. The first-order chi connectivity index (χ1) is 8.79. The van der Waals surface area contributed by atoms with Crippen LogP contribution in [-0.2, 0) is 4.74 Å². The Hall–Kier alpha value is -1.14. The Kier molecular flexibility index (Phi) is 4.95. The van der Waals surface area contributed by atoms with Gasteiger partial charge in [0.15, 0.2) is 0 Å². The maximum atomic E-state index is 5.54. The summed E-state index contributed by atoms with van der Waals surface area (Å²) in [4.78, 5) is 0. The van der Waals surface area contributed by atoms with E-state index in [9.17, 15) is 0 Å². The fourth-order valence-electron chi connectivity index (χ4n) is 2.07. The normalized spacial score (nSPS) is 21.1. The summed E-state index contributed by atoms with van der Waals surface area (Å²) in [5.74, 6) is 1.30. The molecular formula is C12H22N4O2. The maximum absolute atomic E-state index is 5.54. The van der Waals surface area contributed by atoms with Gasteiger partial charge in [0.2, 0.25) is 5.89 Å². The molecule has 1 aromatic rings. The van der Waals surface area contributed by atoms with Gasteiger partial charge in [-0.1, -0.05) is 12.0 Å². The zero-order valence-electron chi connectivity index (χ0n) is 11.1. The third-order valence-electron chi connectivity index (χ3n) is 3.17. The van der Waals surface area contributed by atoms with Crippen molar-refractivity contribution >= 4 is 6.01 Å². The van der Waals surface area contributed by atoms with Gasteiger partial charge in [0.1, 0.15) is 0 Å². The molecule has 1 aromatic heterocycles. The number of ether oxygens (including phenoxy) is 1. The molecule has 6 heteroatoms. The largest absolute Gasteiger partial charge is 0.406 e. The second kappa shape index (κ2) is 6.70. The van der Waals surface area contributed by atoms with E-state index < -0.39 is 0 Å². The van der Waals surface area contributed by atoms with Crippen LogP contribution in [0.15, 0.2) is 4.42 Å². The molecule has 1 saturated heterocycles. The van der Waals surface area contributed by atoms with E-state index in [1.54, 1.807) is 0 Å². The van der Waals surface area contributed by atoms with E-state index in [1.807, 2.05) is 6.92 Å². The minimum absolute atomic E-state index is 0.0984. The van der Waals surface area contributed by atoms with Crippen molar-refractivity contribution in [2.45, 2.75) is 32.7 Å². The molecule has 102 valence electrons. The highest BCUT2D eigenvalue weighted by Crippen LogP contribution is 2.17. The molecule has 1 aliphatic rings. The zero-order valence-corrected chi connectivity index (χ0v) is 11.1. The zero-order chi connectivity index (χ0) is 12.8. The average molecular weight is 254 g/mol. The molecule has 0 aliphatic carbocycles. The molecule has 2 atom stereocenters. The van der Waals surface area contributed by atoms with Gasteiger partial charge >= 0.3 is 6.01 Å². The highest BCUT2D eigenvalue weighted by Gasteiger charge is 2.16. The molecule has 0 radical (unpaired) electrons. The van der Waals surface area contributed by atoms with Crippen LogP contribution >= 0.6 is 0 Å². The summed E-state index contributed by atoms with van der Waals surface area (Å²) in [5.41, 5.74) is 0. The van der Waals surface area contributed by atoms with E-state index in [4.69, 9.17) is 9.15 Å². The Bertz CT molecular complexity index is 350. The summed E-state index contributed by atoms with van der Waals surface area (Å²) in [6, 6.07) is 0.606. The van der Waals surface area contributed by atoms with Crippen LogP contribution in [-0.4, -0.2) is 36.5 Å². The van der Waals surface area contributed by atoms with Crippen molar-refractivity contribution < 1.29 is 9.15 Å². The van der Waals surface area contributed by atoms with Crippen LogP contribution in [0.3, 0.4) is 0 Å². The molecule has 0 aromatic carbocycles. The quantitative estimate of drug-likeness (QED) is 0.769. The van der Waals surface area contributed by atoms with Gasteiger partial charge in [-0.15, -0.1) is 5.10 Å². The van der Waals surface area contributed by atoms with Crippen molar-refractivity contribution in [3.05, 3.63) is 5.89 Å². The highest BCUT2D eigenvalue weighted by atomic mass is 16.5. The molecule has 2 heterocycles. The summed E-state index contributed by atoms with van der Waals surface area (Å²) < 4.78 is 10.9. The Morgan fingerprint density at radius 3 is 3.06 bits per heavy atom. The Morgan fingerprint density at radius 2 is 2.33 bits per heavy atom. The number of nitrogens with one attached hydrogen (secondary N) is 2. The van der Waals surface area contributed by atoms with Gasteiger partial charge in [-0.05, 0) is 32.2 Å². The summed E-state index contributed by atoms with van der Waals surface area (Å²) >= 11 is 0. The van der Waals surface area contributed by atoms with E-state index in [1.165, 1.54) is 0 Å². The standard InChI is InChI=1S/C12H22N4O2/c1-3-13-9(2)11-15-16-12(18-11)14-6-4-10-5-7-17-8-10/h9-10,13H,3-8H2,1-2H3,(H,14,16). The predicted octanol–water partition coefficient (Wildman–Crippen LogP) is 1.58. The minimum atomic E-state index is 0.0984. The molecular weight excluding hydrogens is 232 g/mol. The molecule has 2 unspecified atom stereocenters.